The highest BCUT2D eigenvalue weighted by Crippen LogP contribution is 2.33. The van der Waals surface area contributed by atoms with Crippen LogP contribution in [0.2, 0.25) is 0 Å². The minimum atomic E-state index is -0.0653. The van der Waals surface area contributed by atoms with Crippen molar-refractivity contribution in [1.82, 2.24) is 0 Å². The van der Waals surface area contributed by atoms with E-state index in [0.717, 1.165) is 28.0 Å². The Labute approximate surface area is 152 Å². The fourth-order valence-electron chi connectivity index (χ4n) is 2.89. The van der Waals surface area contributed by atoms with E-state index >= 15 is 0 Å². The van der Waals surface area contributed by atoms with Crippen LogP contribution >= 0.6 is 11.3 Å². The number of carbonyl (C=O) groups is 1. The van der Waals surface area contributed by atoms with Crippen LogP contribution in [0, 0.1) is 0 Å². The third-order valence-corrected chi connectivity index (χ3v) is 5.11. The molecule has 0 saturated carbocycles. The average molecular weight is 353 g/mol. The quantitative estimate of drug-likeness (QED) is 0.600. The Bertz CT molecular complexity index is 882. The first-order valence-electron chi connectivity index (χ1n) is 8.67. The third-order valence-electron chi connectivity index (χ3n) is 3.90. The summed E-state index contributed by atoms with van der Waals surface area (Å²) in [6, 6.07) is 15.8. The molecule has 3 aromatic rings. The van der Waals surface area contributed by atoms with Gasteiger partial charge in [-0.05, 0) is 49.4 Å². The number of anilines is 1. The predicted octanol–water partition coefficient (Wildman–Crippen LogP) is 5.89. The summed E-state index contributed by atoms with van der Waals surface area (Å²) in [5.41, 5.74) is 1.85. The molecule has 0 bridgehead atoms. The molecule has 0 fully saturated rings. The summed E-state index contributed by atoms with van der Waals surface area (Å²) in [6.45, 7) is 6.09. The number of hydrogen-bond donors (Lipinski definition) is 1. The van der Waals surface area contributed by atoms with E-state index in [2.05, 4.69) is 24.4 Å². The van der Waals surface area contributed by atoms with Crippen LogP contribution < -0.4 is 10.1 Å². The molecule has 0 aliphatic rings. The second-order valence-corrected chi connectivity index (χ2v) is 7.32. The standard InChI is InChI=1S/C21H23NO2S/c1-4-9-16-15-10-5-8-13-19(15)25-20(16)21(23)22-17-11-6-7-12-18(17)24-14(2)3/h5-8,10-14H,4,9H2,1-3H3,(H,22,23). The van der Waals surface area contributed by atoms with Crippen molar-refractivity contribution in [2.45, 2.75) is 39.7 Å². The first-order chi connectivity index (χ1) is 12.1. The second kappa shape index (κ2) is 7.70. The lowest BCUT2D eigenvalue weighted by atomic mass is 10.1. The molecule has 0 aliphatic carbocycles. The molecule has 1 heterocycles. The van der Waals surface area contributed by atoms with Gasteiger partial charge in [-0.3, -0.25) is 4.79 Å². The molecule has 2 aromatic carbocycles. The van der Waals surface area contributed by atoms with Crippen molar-refractivity contribution < 1.29 is 9.53 Å². The number of hydrogen-bond acceptors (Lipinski definition) is 3. The number of para-hydroxylation sites is 2. The number of fused-ring (bicyclic) bond motifs is 1. The van der Waals surface area contributed by atoms with Gasteiger partial charge >= 0.3 is 0 Å². The van der Waals surface area contributed by atoms with Gasteiger partial charge in [-0.15, -0.1) is 11.3 Å². The fourth-order valence-corrected chi connectivity index (χ4v) is 4.03. The van der Waals surface area contributed by atoms with Crippen molar-refractivity contribution in [3.05, 3.63) is 59.0 Å². The highest BCUT2D eigenvalue weighted by Gasteiger charge is 2.19. The lowest BCUT2D eigenvalue weighted by molar-refractivity contribution is 0.102. The van der Waals surface area contributed by atoms with Crippen LogP contribution in [0.25, 0.3) is 10.1 Å². The van der Waals surface area contributed by atoms with Crippen LogP contribution in [0.4, 0.5) is 5.69 Å². The summed E-state index contributed by atoms with van der Waals surface area (Å²) in [6.07, 6.45) is 1.96. The van der Waals surface area contributed by atoms with Crippen molar-refractivity contribution in [3.63, 3.8) is 0 Å². The monoisotopic (exact) mass is 353 g/mol. The van der Waals surface area contributed by atoms with Gasteiger partial charge in [-0.25, -0.2) is 0 Å². The van der Waals surface area contributed by atoms with Gasteiger partial charge in [0.15, 0.2) is 0 Å². The third kappa shape index (κ3) is 3.85. The molecule has 3 nitrogen and oxygen atoms in total. The molecule has 0 unspecified atom stereocenters. The molecule has 1 N–H and O–H groups in total. The molecule has 4 heteroatoms. The number of amides is 1. The minimum absolute atomic E-state index is 0.0537. The van der Waals surface area contributed by atoms with E-state index in [0.29, 0.717) is 11.4 Å². The maximum atomic E-state index is 13.0. The Balaban J connectivity index is 1.94. The van der Waals surface area contributed by atoms with Crippen molar-refractivity contribution in [1.29, 1.82) is 0 Å². The SMILES string of the molecule is CCCc1c(C(=O)Nc2ccccc2OC(C)C)sc2ccccc12. The van der Waals surface area contributed by atoms with Crippen LogP contribution in [0.5, 0.6) is 5.75 Å². The molecule has 0 spiro atoms. The van der Waals surface area contributed by atoms with Crippen molar-refractivity contribution in [2.24, 2.45) is 0 Å². The number of aryl methyl sites for hydroxylation is 1. The van der Waals surface area contributed by atoms with E-state index in [1.54, 1.807) is 11.3 Å². The van der Waals surface area contributed by atoms with E-state index in [-0.39, 0.29) is 12.0 Å². The fraction of sp³-hybridized carbons (Fsp3) is 0.286. The van der Waals surface area contributed by atoms with Crippen molar-refractivity contribution in [3.8, 4) is 5.75 Å². The Morgan fingerprint density at radius 1 is 1.12 bits per heavy atom. The normalized spacial score (nSPS) is 11.0. The van der Waals surface area contributed by atoms with Gasteiger partial charge in [-0.1, -0.05) is 43.7 Å². The number of rotatable bonds is 6. The van der Waals surface area contributed by atoms with Crippen LogP contribution in [0.3, 0.4) is 0 Å². The highest BCUT2D eigenvalue weighted by molar-refractivity contribution is 7.21. The molecule has 1 aromatic heterocycles. The molecular weight excluding hydrogens is 330 g/mol. The second-order valence-electron chi connectivity index (χ2n) is 6.27. The molecule has 0 aliphatic heterocycles. The van der Waals surface area contributed by atoms with Crippen LogP contribution in [0.15, 0.2) is 48.5 Å². The summed E-state index contributed by atoms with van der Waals surface area (Å²) >= 11 is 1.56. The first-order valence-corrected chi connectivity index (χ1v) is 9.49. The number of benzene rings is 2. The number of ether oxygens (including phenoxy) is 1. The van der Waals surface area contributed by atoms with Crippen LogP contribution in [0.1, 0.15) is 42.4 Å². The molecule has 0 saturated heterocycles. The smallest absolute Gasteiger partial charge is 0.266 e. The molecule has 0 radical (unpaired) electrons. The Morgan fingerprint density at radius 3 is 2.60 bits per heavy atom. The summed E-state index contributed by atoms with van der Waals surface area (Å²) in [7, 11) is 0. The number of thiophene rings is 1. The first kappa shape index (κ1) is 17.5. The molecule has 25 heavy (non-hydrogen) atoms. The molecule has 3 rings (SSSR count). The molecule has 1 amide bonds. The topological polar surface area (TPSA) is 38.3 Å². The minimum Gasteiger partial charge on any atom is -0.489 e. The Morgan fingerprint density at radius 2 is 1.84 bits per heavy atom. The lowest BCUT2D eigenvalue weighted by Gasteiger charge is -2.14. The summed E-state index contributed by atoms with van der Waals surface area (Å²) in [5.74, 6) is 0.633. The summed E-state index contributed by atoms with van der Waals surface area (Å²) in [4.78, 5) is 13.8. The lowest BCUT2D eigenvalue weighted by Crippen LogP contribution is -2.14. The zero-order valence-electron chi connectivity index (χ0n) is 14.8. The zero-order chi connectivity index (χ0) is 17.8. The van der Waals surface area contributed by atoms with E-state index in [1.165, 1.54) is 5.39 Å². The van der Waals surface area contributed by atoms with Crippen molar-refractivity contribution in [2.75, 3.05) is 5.32 Å². The molecule has 0 atom stereocenters. The van der Waals surface area contributed by atoms with Gasteiger partial charge in [0.25, 0.3) is 5.91 Å². The van der Waals surface area contributed by atoms with Gasteiger partial charge in [-0.2, -0.15) is 0 Å². The molecule has 130 valence electrons. The van der Waals surface area contributed by atoms with E-state index in [9.17, 15) is 4.79 Å². The Kier molecular flexibility index (Phi) is 5.39. The van der Waals surface area contributed by atoms with Crippen LogP contribution in [-0.4, -0.2) is 12.0 Å². The van der Waals surface area contributed by atoms with E-state index in [4.69, 9.17) is 4.74 Å². The largest absolute Gasteiger partial charge is 0.489 e. The Hall–Kier alpha value is -2.33. The van der Waals surface area contributed by atoms with Gasteiger partial charge in [0, 0.05) is 4.70 Å². The highest BCUT2D eigenvalue weighted by atomic mass is 32.1. The number of nitrogens with one attached hydrogen (secondary N) is 1. The zero-order valence-corrected chi connectivity index (χ0v) is 15.7. The van der Waals surface area contributed by atoms with Crippen molar-refractivity contribution >= 4 is 33.0 Å². The van der Waals surface area contributed by atoms with E-state index in [1.807, 2.05) is 50.2 Å². The maximum absolute atomic E-state index is 13.0. The molecular formula is C21H23NO2S. The van der Waals surface area contributed by atoms with E-state index < -0.39 is 0 Å². The predicted molar refractivity (Wildman–Crippen MR) is 106 cm³/mol. The van der Waals surface area contributed by atoms with Crippen LogP contribution in [-0.2, 0) is 6.42 Å². The van der Waals surface area contributed by atoms with Gasteiger partial charge in [0.05, 0.1) is 16.7 Å². The van der Waals surface area contributed by atoms with Gasteiger partial charge < -0.3 is 10.1 Å². The summed E-state index contributed by atoms with van der Waals surface area (Å²) in [5, 5.41) is 4.22. The summed E-state index contributed by atoms with van der Waals surface area (Å²) < 4.78 is 6.96. The maximum Gasteiger partial charge on any atom is 0.266 e. The van der Waals surface area contributed by atoms with Gasteiger partial charge in [0.2, 0.25) is 0 Å². The number of carbonyl (C=O) groups excluding carboxylic acids is 1. The van der Waals surface area contributed by atoms with Gasteiger partial charge in [0.1, 0.15) is 5.75 Å². The average Bonchev–Trinajstić information content (AvgIpc) is 2.96.